The van der Waals surface area contributed by atoms with Crippen molar-refractivity contribution in [2.45, 2.75) is 155 Å². The molecule has 0 saturated carbocycles. The van der Waals surface area contributed by atoms with Gasteiger partial charge < -0.3 is 8.85 Å². The van der Waals surface area contributed by atoms with Gasteiger partial charge in [-0.1, -0.05) is 106 Å². The second-order valence-electron chi connectivity index (χ2n) is 9.68. The first-order chi connectivity index (χ1) is 14.6. The molecule has 0 fully saturated rings. The molecule has 0 bridgehead atoms. The molecule has 0 amide bonds. The summed E-state index contributed by atoms with van der Waals surface area (Å²) in [7, 11) is -3.31. The fourth-order valence-electron chi connectivity index (χ4n) is 4.50. The molecule has 0 aliphatic carbocycles. The Morgan fingerprint density at radius 3 is 0.867 bits per heavy atom. The summed E-state index contributed by atoms with van der Waals surface area (Å²) in [4.78, 5) is 0. The highest BCUT2D eigenvalue weighted by atomic mass is 28.4. The van der Waals surface area contributed by atoms with Crippen LogP contribution in [0.2, 0.25) is 36.3 Å². The third-order valence-electron chi connectivity index (χ3n) is 6.79. The highest BCUT2D eigenvalue weighted by Crippen LogP contribution is 2.36. The fraction of sp³-hybridized carbons (Fsp3) is 1.00. The van der Waals surface area contributed by atoms with Crippen molar-refractivity contribution in [1.29, 1.82) is 0 Å². The Morgan fingerprint density at radius 2 is 0.633 bits per heavy atom. The summed E-state index contributed by atoms with van der Waals surface area (Å²) in [5.74, 6) is 0. The van der Waals surface area contributed by atoms with Crippen molar-refractivity contribution in [3.8, 4) is 0 Å². The fourth-order valence-corrected chi connectivity index (χ4v) is 15.7. The zero-order valence-corrected chi connectivity index (χ0v) is 24.0. The van der Waals surface area contributed by atoms with Gasteiger partial charge in [0.2, 0.25) is 0 Å². The van der Waals surface area contributed by atoms with Gasteiger partial charge >= 0.3 is 0 Å². The summed E-state index contributed by atoms with van der Waals surface area (Å²) in [6.07, 6.45) is 15.6. The van der Waals surface area contributed by atoms with Gasteiger partial charge in [0.25, 0.3) is 0 Å². The molecule has 0 aromatic rings. The van der Waals surface area contributed by atoms with Crippen LogP contribution in [0.4, 0.5) is 0 Å². The summed E-state index contributed by atoms with van der Waals surface area (Å²) in [6, 6.07) is 8.29. The number of hydrogen-bond donors (Lipinski definition) is 0. The van der Waals surface area contributed by atoms with E-state index in [-0.39, 0.29) is 0 Å². The topological polar surface area (TPSA) is 18.5 Å². The van der Waals surface area contributed by atoms with Gasteiger partial charge in [0.1, 0.15) is 0 Å². The summed E-state index contributed by atoms with van der Waals surface area (Å²) in [5, 5.41) is 0. The van der Waals surface area contributed by atoms with Gasteiger partial charge in [0.05, 0.1) is 0 Å². The maximum Gasteiger partial charge on any atom is 0.192 e. The standard InChI is InChI=1S/C26H58O2Si2/c1-7-13-19-27-29(21-15-9-3,22-16-10-4)25-26-30(23-17-11-5,24-18-12-6)28-20-14-8-2/h7-26H2,1-6H3. The number of hydrogen-bond acceptors (Lipinski definition) is 2. The van der Waals surface area contributed by atoms with Crippen molar-refractivity contribution in [1.82, 2.24) is 0 Å². The Morgan fingerprint density at radius 1 is 0.367 bits per heavy atom. The van der Waals surface area contributed by atoms with Crippen LogP contribution in [-0.4, -0.2) is 29.8 Å². The van der Waals surface area contributed by atoms with Crippen molar-refractivity contribution < 1.29 is 8.85 Å². The summed E-state index contributed by atoms with van der Waals surface area (Å²) >= 11 is 0. The van der Waals surface area contributed by atoms with E-state index in [0.29, 0.717) is 0 Å². The van der Waals surface area contributed by atoms with Crippen molar-refractivity contribution in [3.05, 3.63) is 0 Å². The molecule has 182 valence electrons. The minimum atomic E-state index is -1.66. The average Bonchev–Trinajstić information content (AvgIpc) is 2.77. The quantitative estimate of drug-likeness (QED) is 0.112. The lowest BCUT2D eigenvalue weighted by molar-refractivity contribution is 0.279. The number of unbranched alkanes of at least 4 members (excludes halogenated alkanes) is 6. The zero-order chi connectivity index (χ0) is 22.6. The maximum atomic E-state index is 6.91. The monoisotopic (exact) mass is 458 g/mol. The van der Waals surface area contributed by atoms with Gasteiger partial charge in [0.15, 0.2) is 16.6 Å². The van der Waals surface area contributed by atoms with Gasteiger partial charge in [-0.2, -0.15) is 0 Å². The second kappa shape index (κ2) is 20.0. The highest BCUT2D eigenvalue weighted by Gasteiger charge is 2.40. The Bertz CT molecular complexity index is 313. The Hall–Kier alpha value is 0.354. The highest BCUT2D eigenvalue weighted by molar-refractivity contribution is 6.79. The number of rotatable bonds is 23. The van der Waals surface area contributed by atoms with Crippen LogP contribution in [0.5, 0.6) is 0 Å². The molecule has 0 rings (SSSR count). The lowest BCUT2D eigenvalue weighted by Gasteiger charge is -2.38. The average molecular weight is 459 g/mol. The van der Waals surface area contributed by atoms with E-state index in [1.54, 1.807) is 0 Å². The first kappa shape index (κ1) is 30.4. The zero-order valence-electron chi connectivity index (χ0n) is 22.0. The van der Waals surface area contributed by atoms with Crippen LogP contribution >= 0.6 is 0 Å². The van der Waals surface area contributed by atoms with Crippen LogP contribution in [0.25, 0.3) is 0 Å². The molecule has 0 aliphatic rings. The van der Waals surface area contributed by atoms with Gasteiger partial charge in [-0.15, -0.1) is 0 Å². The van der Waals surface area contributed by atoms with Gasteiger partial charge in [-0.25, -0.2) is 0 Å². The molecule has 0 atom stereocenters. The molecule has 0 radical (unpaired) electrons. The van der Waals surface area contributed by atoms with Crippen LogP contribution in [-0.2, 0) is 8.85 Å². The van der Waals surface area contributed by atoms with E-state index < -0.39 is 16.6 Å². The lowest BCUT2D eigenvalue weighted by atomic mass is 10.4. The van der Waals surface area contributed by atoms with E-state index >= 15 is 0 Å². The molecule has 0 aromatic carbocycles. The maximum absolute atomic E-state index is 6.91. The lowest BCUT2D eigenvalue weighted by Crippen LogP contribution is -2.44. The van der Waals surface area contributed by atoms with Crippen molar-refractivity contribution in [2.24, 2.45) is 0 Å². The second-order valence-corrected chi connectivity index (χ2v) is 18.0. The van der Waals surface area contributed by atoms with Crippen molar-refractivity contribution >= 4 is 16.6 Å². The van der Waals surface area contributed by atoms with Crippen molar-refractivity contribution in [3.63, 3.8) is 0 Å². The molecule has 0 heterocycles. The van der Waals surface area contributed by atoms with E-state index in [9.17, 15) is 0 Å². The van der Waals surface area contributed by atoms with E-state index in [2.05, 4.69) is 41.5 Å². The predicted octanol–water partition coefficient (Wildman–Crippen LogP) is 9.71. The normalized spacial score (nSPS) is 12.6. The van der Waals surface area contributed by atoms with Crippen LogP contribution in [0.15, 0.2) is 0 Å². The van der Waals surface area contributed by atoms with E-state index in [4.69, 9.17) is 8.85 Å². The smallest absolute Gasteiger partial charge is 0.192 e. The van der Waals surface area contributed by atoms with E-state index in [1.807, 2.05) is 0 Å². The Kier molecular flexibility index (Phi) is 20.2. The SMILES string of the molecule is CCCCO[Si](CCCC)(CCCC)CC[Si](CCCC)(CCCC)OCCCC. The molecule has 2 nitrogen and oxygen atoms in total. The summed E-state index contributed by atoms with van der Waals surface area (Å²) in [6.45, 7) is 16.0. The van der Waals surface area contributed by atoms with Gasteiger partial charge in [-0.05, 0) is 49.1 Å². The summed E-state index contributed by atoms with van der Waals surface area (Å²) in [5.41, 5.74) is 0. The summed E-state index contributed by atoms with van der Waals surface area (Å²) < 4.78 is 13.8. The van der Waals surface area contributed by atoms with E-state index in [0.717, 1.165) is 13.2 Å². The Labute approximate surface area is 193 Å². The third kappa shape index (κ3) is 13.7. The van der Waals surface area contributed by atoms with Gasteiger partial charge in [-0.3, -0.25) is 0 Å². The molecule has 0 N–H and O–H groups in total. The Balaban J connectivity index is 5.49. The van der Waals surface area contributed by atoms with Crippen LogP contribution < -0.4 is 0 Å². The predicted molar refractivity (Wildman–Crippen MR) is 142 cm³/mol. The minimum absolute atomic E-state index is 1.01. The molecular weight excluding hydrogens is 400 g/mol. The molecule has 0 saturated heterocycles. The van der Waals surface area contributed by atoms with E-state index in [1.165, 1.54) is 113 Å². The molecule has 0 unspecified atom stereocenters. The molecule has 30 heavy (non-hydrogen) atoms. The first-order valence-electron chi connectivity index (χ1n) is 13.8. The largest absolute Gasteiger partial charge is 0.417 e. The first-order valence-corrected chi connectivity index (χ1v) is 18.9. The van der Waals surface area contributed by atoms with Crippen LogP contribution in [0.1, 0.15) is 119 Å². The van der Waals surface area contributed by atoms with Crippen molar-refractivity contribution in [2.75, 3.05) is 13.2 Å². The molecule has 0 aromatic heterocycles. The molecule has 0 spiro atoms. The minimum Gasteiger partial charge on any atom is -0.417 e. The molecule has 0 aliphatic heterocycles. The molecule has 4 heteroatoms. The van der Waals surface area contributed by atoms with Crippen LogP contribution in [0.3, 0.4) is 0 Å². The molecular formula is C26H58O2Si2. The third-order valence-corrected chi connectivity index (χ3v) is 16.3. The van der Waals surface area contributed by atoms with Gasteiger partial charge in [0, 0.05) is 13.2 Å². The van der Waals surface area contributed by atoms with Crippen LogP contribution in [0, 0.1) is 0 Å².